The summed E-state index contributed by atoms with van der Waals surface area (Å²) in [6.45, 7) is 9.40. The second kappa shape index (κ2) is 4.43. The van der Waals surface area contributed by atoms with Crippen molar-refractivity contribution in [2.45, 2.75) is 46.1 Å². The lowest BCUT2D eigenvalue weighted by molar-refractivity contribution is 0.122. The van der Waals surface area contributed by atoms with Gasteiger partial charge in [-0.3, -0.25) is 0 Å². The van der Waals surface area contributed by atoms with E-state index in [1.165, 1.54) is 19.4 Å². The van der Waals surface area contributed by atoms with Gasteiger partial charge in [-0.2, -0.15) is 0 Å². The Morgan fingerprint density at radius 2 is 2.00 bits per heavy atom. The Labute approximate surface area is 81.9 Å². The first-order valence-corrected chi connectivity index (χ1v) is 5.42. The summed E-state index contributed by atoms with van der Waals surface area (Å²) in [5.74, 6) is 0. The fourth-order valence-electron chi connectivity index (χ4n) is 2.03. The molecule has 2 nitrogen and oxygen atoms in total. The van der Waals surface area contributed by atoms with Crippen molar-refractivity contribution < 1.29 is 5.11 Å². The smallest absolute Gasteiger partial charge is 0.0485 e. The standard InChI is InChI=1S/C11H23NO/c1-10(2)12-7-4-5-11(3,9-13)6-8-12/h10,13H,4-9H2,1-3H3. The summed E-state index contributed by atoms with van der Waals surface area (Å²) in [7, 11) is 0. The van der Waals surface area contributed by atoms with Crippen LogP contribution in [0.1, 0.15) is 40.0 Å². The number of nitrogens with zero attached hydrogens (tertiary/aromatic N) is 1. The van der Waals surface area contributed by atoms with Crippen molar-refractivity contribution in [3.63, 3.8) is 0 Å². The number of aliphatic hydroxyl groups excluding tert-OH is 1. The van der Waals surface area contributed by atoms with Gasteiger partial charge in [-0.15, -0.1) is 0 Å². The van der Waals surface area contributed by atoms with Crippen molar-refractivity contribution in [3.05, 3.63) is 0 Å². The van der Waals surface area contributed by atoms with Gasteiger partial charge in [-0.05, 0) is 51.6 Å². The van der Waals surface area contributed by atoms with Gasteiger partial charge in [0, 0.05) is 12.6 Å². The van der Waals surface area contributed by atoms with E-state index in [4.69, 9.17) is 0 Å². The molecule has 1 saturated heterocycles. The SMILES string of the molecule is CC(C)N1CCCC(C)(CO)CC1. The fraction of sp³-hybridized carbons (Fsp3) is 1.00. The summed E-state index contributed by atoms with van der Waals surface area (Å²) in [6, 6.07) is 0.654. The molecule has 0 aromatic rings. The van der Waals surface area contributed by atoms with Crippen LogP contribution in [0.15, 0.2) is 0 Å². The maximum Gasteiger partial charge on any atom is 0.0485 e. The lowest BCUT2D eigenvalue weighted by atomic mass is 9.84. The van der Waals surface area contributed by atoms with Crippen LogP contribution >= 0.6 is 0 Å². The van der Waals surface area contributed by atoms with E-state index in [-0.39, 0.29) is 5.41 Å². The molecule has 1 unspecified atom stereocenters. The maximum absolute atomic E-state index is 9.28. The van der Waals surface area contributed by atoms with Crippen molar-refractivity contribution in [2.75, 3.05) is 19.7 Å². The largest absolute Gasteiger partial charge is 0.396 e. The van der Waals surface area contributed by atoms with Crippen LogP contribution in [0.5, 0.6) is 0 Å². The van der Waals surface area contributed by atoms with E-state index in [2.05, 4.69) is 25.7 Å². The topological polar surface area (TPSA) is 23.5 Å². The summed E-state index contributed by atoms with van der Waals surface area (Å²) in [5, 5.41) is 9.28. The third-order valence-electron chi connectivity index (χ3n) is 3.34. The van der Waals surface area contributed by atoms with Crippen LogP contribution < -0.4 is 0 Å². The molecule has 1 aliphatic rings. The zero-order chi connectivity index (χ0) is 9.90. The average molecular weight is 185 g/mol. The Bertz CT molecular complexity index is 158. The first kappa shape index (κ1) is 11.0. The third kappa shape index (κ3) is 2.96. The van der Waals surface area contributed by atoms with E-state index in [1.807, 2.05) is 0 Å². The molecule has 78 valence electrons. The minimum Gasteiger partial charge on any atom is -0.396 e. The second-order valence-corrected chi connectivity index (χ2v) is 4.95. The van der Waals surface area contributed by atoms with Gasteiger partial charge in [0.15, 0.2) is 0 Å². The van der Waals surface area contributed by atoms with Crippen LogP contribution in [0.3, 0.4) is 0 Å². The summed E-state index contributed by atoms with van der Waals surface area (Å²) >= 11 is 0. The van der Waals surface area contributed by atoms with E-state index in [0.717, 1.165) is 13.0 Å². The minimum absolute atomic E-state index is 0.184. The molecule has 1 aliphatic heterocycles. The number of aliphatic hydroxyl groups is 1. The van der Waals surface area contributed by atoms with E-state index >= 15 is 0 Å². The molecule has 1 rings (SSSR count). The Morgan fingerprint density at radius 1 is 1.31 bits per heavy atom. The monoisotopic (exact) mass is 185 g/mol. The summed E-state index contributed by atoms with van der Waals surface area (Å²) in [4.78, 5) is 2.51. The van der Waals surface area contributed by atoms with Crippen LogP contribution in [0, 0.1) is 5.41 Å². The van der Waals surface area contributed by atoms with Crippen LogP contribution in [0.2, 0.25) is 0 Å². The average Bonchev–Trinajstić information content (AvgIpc) is 2.28. The minimum atomic E-state index is 0.184. The molecule has 1 N–H and O–H groups in total. The van der Waals surface area contributed by atoms with E-state index in [1.54, 1.807) is 0 Å². The maximum atomic E-state index is 9.28. The molecule has 2 heteroatoms. The van der Waals surface area contributed by atoms with Gasteiger partial charge in [0.1, 0.15) is 0 Å². The molecule has 0 aromatic heterocycles. The highest BCUT2D eigenvalue weighted by atomic mass is 16.3. The van der Waals surface area contributed by atoms with E-state index < -0.39 is 0 Å². The summed E-state index contributed by atoms with van der Waals surface area (Å²) < 4.78 is 0. The normalized spacial score (nSPS) is 32.1. The Hall–Kier alpha value is -0.0800. The van der Waals surface area contributed by atoms with Gasteiger partial charge < -0.3 is 10.0 Å². The molecule has 1 atom stereocenters. The number of hydrogen-bond acceptors (Lipinski definition) is 2. The highest BCUT2D eigenvalue weighted by Crippen LogP contribution is 2.30. The number of likely N-dealkylation sites (tertiary alicyclic amines) is 1. The Kier molecular flexibility index (Phi) is 3.74. The highest BCUT2D eigenvalue weighted by Gasteiger charge is 2.27. The van der Waals surface area contributed by atoms with Crippen LogP contribution in [0.25, 0.3) is 0 Å². The van der Waals surface area contributed by atoms with Crippen LogP contribution in [-0.2, 0) is 0 Å². The molecule has 0 aromatic carbocycles. The number of rotatable bonds is 2. The van der Waals surface area contributed by atoms with Gasteiger partial charge in [-0.25, -0.2) is 0 Å². The number of hydrogen-bond donors (Lipinski definition) is 1. The van der Waals surface area contributed by atoms with Gasteiger partial charge in [0.05, 0.1) is 0 Å². The van der Waals surface area contributed by atoms with Crippen molar-refractivity contribution in [1.82, 2.24) is 4.90 Å². The van der Waals surface area contributed by atoms with Crippen molar-refractivity contribution in [2.24, 2.45) is 5.41 Å². The molecule has 0 spiro atoms. The first-order chi connectivity index (χ1) is 6.07. The Balaban J connectivity index is 2.48. The van der Waals surface area contributed by atoms with Crippen LogP contribution in [-0.4, -0.2) is 35.7 Å². The molecule has 13 heavy (non-hydrogen) atoms. The van der Waals surface area contributed by atoms with E-state index in [9.17, 15) is 5.11 Å². The second-order valence-electron chi connectivity index (χ2n) is 4.95. The molecular formula is C11H23NO. The summed E-state index contributed by atoms with van der Waals surface area (Å²) in [5.41, 5.74) is 0.184. The zero-order valence-corrected chi connectivity index (χ0v) is 9.21. The molecule has 1 heterocycles. The lowest BCUT2D eigenvalue weighted by Crippen LogP contribution is -2.32. The van der Waals surface area contributed by atoms with E-state index in [0.29, 0.717) is 12.6 Å². The molecule has 0 saturated carbocycles. The molecule has 0 bridgehead atoms. The van der Waals surface area contributed by atoms with Gasteiger partial charge in [0.2, 0.25) is 0 Å². The predicted octanol–water partition coefficient (Wildman–Crippen LogP) is 1.88. The summed E-state index contributed by atoms with van der Waals surface area (Å²) in [6.07, 6.45) is 3.55. The molecule has 1 fully saturated rings. The Morgan fingerprint density at radius 3 is 2.54 bits per heavy atom. The molecule has 0 aliphatic carbocycles. The van der Waals surface area contributed by atoms with Gasteiger partial charge >= 0.3 is 0 Å². The molecule has 0 radical (unpaired) electrons. The predicted molar refractivity (Wildman–Crippen MR) is 55.8 cm³/mol. The molecular weight excluding hydrogens is 162 g/mol. The van der Waals surface area contributed by atoms with Crippen LogP contribution in [0.4, 0.5) is 0 Å². The fourth-order valence-corrected chi connectivity index (χ4v) is 2.03. The molecule has 0 amide bonds. The van der Waals surface area contributed by atoms with Crippen molar-refractivity contribution in [1.29, 1.82) is 0 Å². The van der Waals surface area contributed by atoms with Gasteiger partial charge in [0.25, 0.3) is 0 Å². The van der Waals surface area contributed by atoms with Crippen molar-refractivity contribution in [3.8, 4) is 0 Å². The third-order valence-corrected chi connectivity index (χ3v) is 3.34. The first-order valence-electron chi connectivity index (χ1n) is 5.42. The van der Waals surface area contributed by atoms with Gasteiger partial charge in [-0.1, -0.05) is 6.92 Å². The zero-order valence-electron chi connectivity index (χ0n) is 9.21. The quantitative estimate of drug-likeness (QED) is 0.710. The highest BCUT2D eigenvalue weighted by molar-refractivity contribution is 4.80. The lowest BCUT2D eigenvalue weighted by Gasteiger charge is -2.27. The van der Waals surface area contributed by atoms with Crippen molar-refractivity contribution >= 4 is 0 Å².